The third-order valence-corrected chi connectivity index (χ3v) is 2.70. The van der Waals surface area contributed by atoms with E-state index in [-0.39, 0.29) is 11.5 Å². The molecule has 1 heterocycles. The van der Waals surface area contributed by atoms with Gasteiger partial charge in [-0.3, -0.25) is 4.79 Å². The number of ether oxygens (including phenoxy) is 1. The fourth-order valence-electron chi connectivity index (χ4n) is 1.38. The minimum atomic E-state index is 0.105. The van der Waals surface area contributed by atoms with Crippen LogP contribution in [0.1, 0.15) is 49.6 Å². The van der Waals surface area contributed by atoms with Crippen LogP contribution < -0.4 is 5.73 Å². The van der Waals surface area contributed by atoms with Crippen molar-refractivity contribution in [1.29, 1.82) is 0 Å². The minimum Gasteiger partial charge on any atom is -0.460 e. The van der Waals surface area contributed by atoms with E-state index in [2.05, 4.69) is 9.97 Å². The monoisotopic (exact) mass is 261 g/mol. The number of nitrogens with zero attached hydrogens (tertiary/aromatic N) is 2. The Morgan fingerprint density at radius 1 is 1.26 bits per heavy atom. The predicted molar refractivity (Wildman–Crippen MR) is 75.4 cm³/mol. The van der Waals surface area contributed by atoms with Gasteiger partial charge in [-0.05, 0) is 46.3 Å². The number of carbonyl (C=O) groups is 1. The van der Waals surface area contributed by atoms with Gasteiger partial charge in [-0.15, -0.1) is 0 Å². The second-order valence-corrected chi connectivity index (χ2v) is 4.36. The lowest BCUT2D eigenvalue weighted by Gasteiger charge is -2.13. The number of hydrogen-bond donors (Lipinski definition) is 1. The van der Waals surface area contributed by atoms with Crippen molar-refractivity contribution in [2.45, 2.75) is 34.6 Å². The van der Waals surface area contributed by atoms with Gasteiger partial charge in [-0.1, -0.05) is 0 Å². The molecule has 0 bridgehead atoms. The first kappa shape index (κ1) is 14.9. The lowest BCUT2D eigenvalue weighted by atomic mass is 10.2. The average Bonchev–Trinajstić information content (AvgIpc) is 2.37. The number of anilines is 1. The molecule has 0 amide bonds. The molecule has 0 aromatic carbocycles. The van der Waals surface area contributed by atoms with E-state index in [1.807, 2.05) is 27.7 Å². The molecule has 0 atom stereocenters. The molecule has 0 radical (unpaired) electrons. The van der Waals surface area contributed by atoms with Crippen LogP contribution in [0.5, 0.6) is 0 Å². The van der Waals surface area contributed by atoms with E-state index < -0.39 is 0 Å². The normalized spacial score (nSPS) is 11.1. The number of aryl methyl sites for hydroxylation is 1. The number of allylic oxidation sites excluding steroid dienone is 3. The minimum absolute atomic E-state index is 0.105. The van der Waals surface area contributed by atoms with Crippen molar-refractivity contribution < 1.29 is 9.53 Å². The van der Waals surface area contributed by atoms with Crippen molar-refractivity contribution in [2.75, 3.05) is 5.73 Å². The highest BCUT2D eigenvalue weighted by Gasteiger charge is 2.14. The molecular weight excluding hydrogens is 242 g/mol. The molecule has 0 spiro atoms. The van der Waals surface area contributed by atoms with Crippen LogP contribution in [-0.4, -0.2) is 16.3 Å². The topological polar surface area (TPSA) is 78.1 Å². The Morgan fingerprint density at radius 3 is 2.37 bits per heavy atom. The van der Waals surface area contributed by atoms with Gasteiger partial charge in [0.15, 0.2) is 12.1 Å². The van der Waals surface area contributed by atoms with Gasteiger partial charge in [-0.25, -0.2) is 9.97 Å². The van der Waals surface area contributed by atoms with Crippen molar-refractivity contribution in [3.05, 3.63) is 34.5 Å². The van der Waals surface area contributed by atoms with Gasteiger partial charge in [0.25, 0.3) is 0 Å². The molecule has 0 fully saturated rings. The number of nitrogens with two attached hydrogens (primary N) is 1. The maximum Gasteiger partial charge on any atom is 0.172 e. The Bertz CT molecular complexity index is 556. The fraction of sp³-hybridized carbons (Fsp3) is 0.357. The third kappa shape index (κ3) is 3.40. The molecule has 0 aliphatic carbocycles. The first-order valence-corrected chi connectivity index (χ1v) is 5.98. The summed E-state index contributed by atoms with van der Waals surface area (Å²) in [7, 11) is 0. The second kappa shape index (κ2) is 6.13. The summed E-state index contributed by atoms with van der Waals surface area (Å²) in [6, 6.07) is 0. The highest BCUT2D eigenvalue weighted by atomic mass is 16.5. The zero-order valence-corrected chi connectivity index (χ0v) is 11.9. The summed E-state index contributed by atoms with van der Waals surface area (Å²) in [6.45, 7) is 9.42. The van der Waals surface area contributed by atoms with Crippen molar-refractivity contribution in [3.63, 3.8) is 0 Å². The number of hydrogen-bond acceptors (Lipinski definition) is 5. The maximum absolute atomic E-state index is 10.8. The highest BCUT2D eigenvalue weighted by Crippen LogP contribution is 2.22. The summed E-state index contributed by atoms with van der Waals surface area (Å²) in [6.07, 6.45) is 2.39. The van der Waals surface area contributed by atoms with E-state index >= 15 is 0 Å². The summed E-state index contributed by atoms with van der Waals surface area (Å²) in [5.41, 5.74) is 8.05. The van der Waals surface area contributed by atoms with Crippen LogP contribution in [0.25, 0.3) is 5.76 Å². The first-order valence-electron chi connectivity index (χ1n) is 5.98. The zero-order valence-electron chi connectivity index (χ0n) is 11.9. The van der Waals surface area contributed by atoms with Crippen LogP contribution in [-0.2, 0) is 4.74 Å². The molecule has 1 aromatic rings. The van der Waals surface area contributed by atoms with Gasteiger partial charge in [0.2, 0.25) is 0 Å². The van der Waals surface area contributed by atoms with Gasteiger partial charge < -0.3 is 10.5 Å². The summed E-state index contributed by atoms with van der Waals surface area (Å²) < 4.78 is 5.75. The second-order valence-electron chi connectivity index (χ2n) is 4.36. The molecule has 0 saturated carbocycles. The van der Waals surface area contributed by atoms with Gasteiger partial charge in [-0.2, -0.15) is 0 Å². The van der Waals surface area contributed by atoms with Gasteiger partial charge in [0.1, 0.15) is 17.1 Å². The van der Waals surface area contributed by atoms with Crippen molar-refractivity contribution in [3.8, 4) is 0 Å². The van der Waals surface area contributed by atoms with E-state index in [0.717, 1.165) is 11.3 Å². The van der Waals surface area contributed by atoms with Crippen LogP contribution in [0, 0.1) is 6.92 Å². The van der Waals surface area contributed by atoms with Crippen molar-refractivity contribution >= 4 is 17.9 Å². The molecule has 2 N–H and O–H groups in total. The Morgan fingerprint density at radius 2 is 1.89 bits per heavy atom. The zero-order chi connectivity index (χ0) is 14.6. The molecule has 0 saturated heterocycles. The summed E-state index contributed by atoms with van der Waals surface area (Å²) >= 11 is 0. The molecule has 5 heteroatoms. The van der Waals surface area contributed by atoms with Gasteiger partial charge >= 0.3 is 0 Å². The fourth-order valence-corrected chi connectivity index (χ4v) is 1.38. The molecule has 102 valence electrons. The predicted octanol–water partition coefficient (Wildman–Crippen LogP) is 2.87. The molecule has 5 nitrogen and oxygen atoms in total. The van der Waals surface area contributed by atoms with Crippen molar-refractivity contribution in [2.24, 2.45) is 0 Å². The number of rotatable bonds is 4. The Labute approximate surface area is 113 Å². The SMILES string of the molecule is CC=C(OC(C)=C(C)C)c1nc(N)c(C=O)nc1C. The van der Waals surface area contributed by atoms with Crippen LogP contribution in [0.2, 0.25) is 0 Å². The summed E-state index contributed by atoms with van der Waals surface area (Å²) in [5, 5.41) is 0. The van der Waals surface area contributed by atoms with Crippen LogP contribution in [0.3, 0.4) is 0 Å². The molecule has 0 aliphatic rings. The maximum atomic E-state index is 10.8. The third-order valence-electron chi connectivity index (χ3n) is 2.70. The molecular formula is C14H19N3O2. The van der Waals surface area contributed by atoms with Crippen LogP contribution >= 0.6 is 0 Å². The van der Waals surface area contributed by atoms with Crippen LogP contribution in [0.4, 0.5) is 5.82 Å². The molecule has 0 unspecified atom stereocenters. The number of aldehydes is 1. The Hall–Kier alpha value is -2.17. The standard InChI is InChI=1S/C14H19N3O2/c1-6-12(19-10(5)8(2)3)13-9(4)16-11(7-18)14(15)17-13/h6-7H,1-5H3,(H2,15,17). The lowest BCUT2D eigenvalue weighted by Crippen LogP contribution is -2.07. The van der Waals surface area contributed by atoms with E-state index in [1.165, 1.54) is 0 Å². The lowest BCUT2D eigenvalue weighted by molar-refractivity contribution is 0.111. The first-order chi connectivity index (χ1) is 8.90. The van der Waals surface area contributed by atoms with Crippen molar-refractivity contribution in [1.82, 2.24) is 9.97 Å². The Balaban J connectivity index is 3.25. The number of carbonyl (C=O) groups excluding carboxylic acids is 1. The highest BCUT2D eigenvalue weighted by molar-refractivity contribution is 5.79. The average molecular weight is 261 g/mol. The summed E-state index contributed by atoms with van der Waals surface area (Å²) in [5.74, 6) is 1.48. The Kier molecular flexibility index (Phi) is 4.80. The van der Waals surface area contributed by atoms with E-state index in [1.54, 1.807) is 13.0 Å². The van der Waals surface area contributed by atoms with Gasteiger partial charge in [0, 0.05) is 0 Å². The quantitative estimate of drug-likeness (QED) is 0.666. The van der Waals surface area contributed by atoms with E-state index in [4.69, 9.17) is 10.5 Å². The molecule has 1 aromatic heterocycles. The molecule has 1 rings (SSSR count). The number of nitrogen functional groups attached to an aromatic ring is 1. The smallest absolute Gasteiger partial charge is 0.172 e. The van der Waals surface area contributed by atoms with Crippen LogP contribution in [0.15, 0.2) is 17.4 Å². The summed E-state index contributed by atoms with van der Waals surface area (Å²) in [4.78, 5) is 19.1. The molecule has 0 aliphatic heterocycles. The van der Waals surface area contributed by atoms with Gasteiger partial charge in [0.05, 0.1) is 11.5 Å². The number of aromatic nitrogens is 2. The van der Waals surface area contributed by atoms with E-state index in [9.17, 15) is 4.79 Å². The van der Waals surface area contributed by atoms with E-state index in [0.29, 0.717) is 23.4 Å². The largest absolute Gasteiger partial charge is 0.460 e. The molecule has 19 heavy (non-hydrogen) atoms.